The molecule has 7 heteroatoms. The molecule has 2 aromatic rings. The van der Waals surface area contributed by atoms with Crippen LogP contribution in [0.2, 0.25) is 10.0 Å². The minimum atomic E-state index is -0.993. The molecule has 0 aromatic heterocycles. The predicted molar refractivity (Wildman–Crippen MR) is 89.6 cm³/mol. The van der Waals surface area contributed by atoms with E-state index in [9.17, 15) is 14.0 Å². The Balaban J connectivity index is 1.89. The van der Waals surface area contributed by atoms with E-state index in [1.807, 2.05) is 0 Å². The van der Waals surface area contributed by atoms with Gasteiger partial charge in [-0.2, -0.15) is 0 Å². The number of rotatable bonds is 5. The normalized spacial score (nSPS) is 11.7. The van der Waals surface area contributed by atoms with Gasteiger partial charge in [-0.3, -0.25) is 4.79 Å². The molecular weight excluding hydrogens is 356 g/mol. The minimum absolute atomic E-state index is 0.197. The zero-order valence-electron chi connectivity index (χ0n) is 12.7. The van der Waals surface area contributed by atoms with E-state index in [0.29, 0.717) is 5.02 Å². The van der Waals surface area contributed by atoms with E-state index in [2.05, 4.69) is 5.32 Å². The number of ether oxygens (including phenoxy) is 1. The van der Waals surface area contributed by atoms with Crippen molar-refractivity contribution in [3.63, 3.8) is 0 Å². The summed E-state index contributed by atoms with van der Waals surface area (Å²) in [4.78, 5) is 24.0. The van der Waals surface area contributed by atoms with Crippen LogP contribution in [0.5, 0.6) is 0 Å². The molecule has 0 aliphatic rings. The molecule has 0 aliphatic carbocycles. The number of hydrogen-bond acceptors (Lipinski definition) is 3. The number of esters is 1. The van der Waals surface area contributed by atoms with Crippen LogP contribution in [0.1, 0.15) is 22.8 Å². The minimum Gasteiger partial charge on any atom is -0.449 e. The van der Waals surface area contributed by atoms with Gasteiger partial charge in [0.15, 0.2) is 6.10 Å². The fraction of sp³-hybridized carbons (Fsp3) is 0.176. The quantitative estimate of drug-likeness (QED) is 0.810. The Morgan fingerprint density at radius 1 is 1.12 bits per heavy atom. The third-order valence-corrected chi connectivity index (χ3v) is 3.93. The van der Waals surface area contributed by atoms with Crippen LogP contribution in [0.15, 0.2) is 42.5 Å². The lowest BCUT2D eigenvalue weighted by Gasteiger charge is -2.14. The Morgan fingerprint density at radius 2 is 1.79 bits per heavy atom. The number of carbonyl (C=O) groups excluding carboxylic acids is 2. The van der Waals surface area contributed by atoms with Gasteiger partial charge in [0, 0.05) is 6.54 Å². The highest BCUT2D eigenvalue weighted by atomic mass is 35.5. The maximum absolute atomic E-state index is 12.8. The highest BCUT2D eigenvalue weighted by Gasteiger charge is 2.19. The molecule has 0 heterocycles. The van der Waals surface area contributed by atoms with Crippen LogP contribution in [-0.4, -0.2) is 18.0 Å². The van der Waals surface area contributed by atoms with Gasteiger partial charge < -0.3 is 10.1 Å². The number of benzene rings is 2. The Kier molecular flexibility index (Phi) is 6.17. The molecule has 2 aromatic carbocycles. The monoisotopic (exact) mass is 369 g/mol. The van der Waals surface area contributed by atoms with Gasteiger partial charge in [-0.15, -0.1) is 0 Å². The third kappa shape index (κ3) is 4.94. The molecule has 2 rings (SSSR count). The lowest BCUT2D eigenvalue weighted by atomic mass is 10.2. The molecule has 0 saturated heterocycles. The second kappa shape index (κ2) is 8.13. The first-order valence-corrected chi connectivity index (χ1v) is 7.80. The Labute approximate surface area is 148 Å². The maximum atomic E-state index is 12.8. The zero-order chi connectivity index (χ0) is 17.7. The highest BCUT2D eigenvalue weighted by molar-refractivity contribution is 6.42. The molecule has 0 fully saturated rings. The van der Waals surface area contributed by atoms with Gasteiger partial charge in [0.2, 0.25) is 0 Å². The van der Waals surface area contributed by atoms with Crippen molar-refractivity contribution in [2.45, 2.75) is 19.6 Å². The van der Waals surface area contributed by atoms with Crippen molar-refractivity contribution in [2.75, 3.05) is 0 Å². The predicted octanol–water partition coefficient (Wildman–Crippen LogP) is 3.99. The van der Waals surface area contributed by atoms with E-state index < -0.39 is 18.0 Å². The van der Waals surface area contributed by atoms with Crippen molar-refractivity contribution >= 4 is 35.1 Å². The molecular formula is C17H14Cl2FNO3. The van der Waals surface area contributed by atoms with Crippen molar-refractivity contribution in [1.29, 1.82) is 0 Å². The fourth-order valence-electron chi connectivity index (χ4n) is 1.84. The molecule has 1 N–H and O–H groups in total. The molecule has 1 amide bonds. The Bertz CT molecular complexity index is 750. The highest BCUT2D eigenvalue weighted by Crippen LogP contribution is 2.23. The van der Waals surface area contributed by atoms with Crippen molar-refractivity contribution in [2.24, 2.45) is 0 Å². The molecule has 24 heavy (non-hydrogen) atoms. The standard InChI is InChI=1S/C17H14Cl2FNO3/c1-10(16(22)21-9-11-2-5-13(20)6-3-11)24-17(23)12-4-7-14(18)15(19)8-12/h2-8,10H,9H2,1H3,(H,21,22)/t10-/m1/s1. The van der Waals surface area contributed by atoms with Gasteiger partial charge in [0.1, 0.15) is 5.82 Å². The van der Waals surface area contributed by atoms with Crippen LogP contribution < -0.4 is 5.32 Å². The summed E-state index contributed by atoms with van der Waals surface area (Å²) in [6, 6.07) is 10.0. The SMILES string of the molecule is C[C@@H](OC(=O)c1ccc(Cl)c(Cl)c1)C(=O)NCc1ccc(F)cc1. The summed E-state index contributed by atoms with van der Waals surface area (Å²) in [5.74, 6) is -1.50. The summed E-state index contributed by atoms with van der Waals surface area (Å²) < 4.78 is 17.9. The fourth-order valence-corrected chi connectivity index (χ4v) is 2.14. The molecule has 0 saturated carbocycles. The van der Waals surface area contributed by atoms with Gasteiger partial charge in [0.05, 0.1) is 15.6 Å². The molecule has 0 spiro atoms. The summed E-state index contributed by atoms with van der Waals surface area (Å²) in [5.41, 5.74) is 0.926. The largest absolute Gasteiger partial charge is 0.449 e. The van der Waals surface area contributed by atoms with E-state index in [4.69, 9.17) is 27.9 Å². The first-order chi connectivity index (χ1) is 11.4. The Hall–Kier alpha value is -2.11. The van der Waals surface area contributed by atoms with Gasteiger partial charge in [0.25, 0.3) is 5.91 Å². The third-order valence-electron chi connectivity index (χ3n) is 3.19. The maximum Gasteiger partial charge on any atom is 0.338 e. The number of halogens is 3. The number of hydrogen-bond donors (Lipinski definition) is 1. The molecule has 1 atom stereocenters. The number of carbonyl (C=O) groups is 2. The van der Waals surface area contributed by atoms with E-state index in [1.165, 1.54) is 37.3 Å². The van der Waals surface area contributed by atoms with Crippen LogP contribution in [0.3, 0.4) is 0 Å². The zero-order valence-corrected chi connectivity index (χ0v) is 14.2. The smallest absolute Gasteiger partial charge is 0.338 e. The van der Waals surface area contributed by atoms with Gasteiger partial charge in [-0.1, -0.05) is 35.3 Å². The van der Waals surface area contributed by atoms with Crippen LogP contribution in [0, 0.1) is 5.82 Å². The van der Waals surface area contributed by atoms with E-state index in [0.717, 1.165) is 5.56 Å². The first-order valence-electron chi connectivity index (χ1n) is 7.05. The lowest BCUT2D eigenvalue weighted by Crippen LogP contribution is -2.35. The van der Waals surface area contributed by atoms with Crippen LogP contribution in [0.25, 0.3) is 0 Å². The molecule has 0 radical (unpaired) electrons. The molecule has 0 unspecified atom stereocenters. The molecule has 0 aliphatic heterocycles. The summed E-state index contributed by atoms with van der Waals surface area (Å²) in [6.07, 6.45) is -0.993. The van der Waals surface area contributed by atoms with Gasteiger partial charge in [-0.05, 0) is 42.8 Å². The van der Waals surface area contributed by atoms with Crippen molar-refractivity contribution in [3.8, 4) is 0 Å². The van der Waals surface area contributed by atoms with Gasteiger partial charge in [-0.25, -0.2) is 9.18 Å². The summed E-state index contributed by atoms with van der Waals surface area (Å²) in [5, 5.41) is 3.15. The second-order valence-corrected chi connectivity index (χ2v) is 5.84. The summed E-state index contributed by atoms with van der Waals surface area (Å²) in [7, 11) is 0. The number of amides is 1. The summed E-state index contributed by atoms with van der Waals surface area (Å²) in [6.45, 7) is 1.66. The topological polar surface area (TPSA) is 55.4 Å². The molecule has 0 bridgehead atoms. The van der Waals surface area contributed by atoms with Crippen molar-refractivity contribution in [3.05, 3.63) is 69.5 Å². The second-order valence-electron chi connectivity index (χ2n) is 5.02. The van der Waals surface area contributed by atoms with Crippen molar-refractivity contribution in [1.82, 2.24) is 5.32 Å². The van der Waals surface area contributed by atoms with E-state index in [1.54, 1.807) is 12.1 Å². The van der Waals surface area contributed by atoms with Gasteiger partial charge >= 0.3 is 5.97 Å². The number of nitrogens with one attached hydrogen (secondary N) is 1. The van der Waals surface area contributed by atoms with E-state index in [-0.39, 0.29) is 22.9 Å². The molecule has 4 nitrogen and oxygen atoms in total. The van der Waals surface area contributed by atoms with Crippen LogP contribution in [-0.2, 0) is 16.1 Å². The average Bonchev–Trinajstić information content (AvgIpc) is 2.56. The lowest BCUT2D eigenvalue weighted by molar-refractivity contribution is -0.129. The van der Waals surface area contributed by atoms with Crippen LogP contribution in [0.4, 0.5) is 4.39 Å². The summed E-state index contributed by atoms with van der Waals surface area (Å²) >= 11 is 11.6. The first kappa shape index (κ1) is 18.2. The van der Waals surface area contributed by atoms with Crippen molar-refractivity contribution < 1.29 is 18.7 Å². The van der Waals surface area contributed by atoms with E-state index >= 15 is 0 Å². The average molecular weight is 370 g/mol. The molecule has 126 valence electrons. The Morgan fingerprint density at radius 3 is 2.42 bits per heavy atom. The van der Waals surface area contributed by atoms with Crippen LogP contribution >= 0.6 is 23.2 Å².